The highest BCUT2D eigenvalue weighted by Gasteiger charge is 2.47. The van der Waals surface area contributed by atoms with Gasteiger partial charge in [0.15, 0.2) is 0 Å². The van der Waals surface area contributed by atoms with Gasteiger partial charge in [0.2, 0.25) is 0 Å². The van der Waals surface area contributed by atoms with Crippen LogP contribution in [0.4, 0.5) is 5.69 Å². The van der Waals surface area contributed by atoms with E-state index in [1.54, 1.807) is 31.4 Å². The van der Waals surface area contributed by atoms with Gasteiger partial charge in [-0.15, -0.1) is 0 Å². The van der Waals surface area contributed by atoms with Gasteiger partial charge in [-0.05, 0) is 78.6 Å². The van der Waals surface area contributed by atoms with Gasteiger partial charge in [0, 0.05) is 17.7 Å². The van der Waals surface area contributed by atoms with E-state index in [-0.39, 0.29) is 11.3 Å². The fourth-order valence-corrected chi connectivity index (χ4v) is 4.80. The van der Waals surface area contributed by atoms with Crippen LogP contribution in [0, 0.1) is 13.8 Å². The first-order valence-electron chi connectivity index (χ1n) is 11.2. The number of aryl methyl sites for hydroxylation is 2. The van der Waals surface area contributed by atoms with Crippen LogP contribution < -0.4 is 14.4 Å². The van der Waals surface area contributed by atoms with Crippen molar-refractivity contribution < 1.29 is 24.2 Å². The molecule has 0 spiro atoms. The Morgan fingerprint density at radius 3 is 2.53 bits per heavy atom. The average Bonchev–Trinajstić information content (AvgIpc) is 3.40. The number of aliphatic hydroxyl groups is 1. The minimum atomic E-state index is -0.805. The SMILES string of the molecule is COc1cccc(C2/C(=C(/O)c3ccc4c(c3)CCO4)C(=O)C(=O)N2c2cc(C)cc(C)c2)c1. The number of hydrogen-bond acceptors (Lipinski definition) is 5. The van der Waals surface area contributed by atoms with E-state index in [1.165, 1.54) is 4.90 Å². The predicted molar refractivity (Wildman–Crippen MR) is 129 cm³/mol. The van der Waals surface area contributed by atoms with Crippen molar-refractivity contribution in [2.75, 3.05) is 18.6 Å². The van der Waals surface area contributed by atoms with E-state index in [1.807, 2.05) is 50.2 Å². The van der Waals surface area contributed by atoms with Crippen molar-refractivity contribution in [2.24, 2.45) is 0 Å². The van der Waals surface area contributed by atoms with Crippen LogP contribution in [0.1, 0.15) is 33.9 Å². The maximum absolute atomic E-state index is 13.4. The summed E-state index contributed by atoms with van der Waals surface area (Å²) in [6.07, 6.45) is 0.729. The third kappa shape index (κ3) is 3.61. The molecule has 0 aliphatic carbocycles. The van der Waals surface area contributed by atoms with Crippen LogP contribution in [0.2, 0.25) is 0 Å². The minimum absolute atomic E-state index is 0.0521. The second-order valence-corrected chi connectivity index (χ2v) is 8.71. The van der Waals surface area contributed by atoms with Crippen LogP contribution >= 0.6 is 0 Å². The highest BCUT2D eigenvalue weighted by molar-refractivity contribution is 6.51. The largest absolute Gasteiger partial charge is 0.507 e. The lowest BCUT2D eigenvalue weighted by molar-refractivity contribution is -0.132. The lowest BCUT2D eigenvalue weighted by atomic mass is 9.94. The summed E-state index contributed by atoms with van der Waals surface area (Å²) in [5, 5.41) is 11.4. The quantitative estimate of drug-likeness (QED) is 0.345. The Morgan fingerprint density at radius 2 is 1.79 bits per heavy atom. The Morgan fingerprint density at radius 1 is 1.03 bits per heavy atom. The number of amides is 1. The number of benzene rings is 3. The number of Topliss-reactive ketones (excluding diaryl/α,β-unsaturated/α-hetero) is 1. The summed E-state index contributed by atoms with van der Waals surface area (Å²) in [6, 6.07) is 17.5. The predicted octanol–water partition coefficient (Wildman–Crippen LogP) is 4.87. The first-order valence-corrected chi connectivity index (χ1v) is 11.2. The summed E-state index contributed by atoms with van der Waals surface area (Å²) in [4.78, 5) is 28.2. The van der Waals surface area contributed by atoms with Gasteiger partial charge in [-0.2, -0.15) is 0 Å². The van der Waals surface area contributed by atoms with Gasteiger partial charge in [-0.25, -0.2) is 0 Å². The molecule has 34 heavy (non-hydrogen) atoms. The first kappa shape index (κ1) is 21.8. The van der Waals surface area contributed by atoms with Crippen LogP contribution in [-0.4, -0.2) is 30.5 Å². The van der Waals surface area contributed by atoms with E-state index >= 15 is 0 Å². The number of fused-ring (bicyclic) bond motifs is 1. The van der Waals surface area contributed by atoms with Crippen molar-refractivity contribution in [3.63, 3.8) is 0 Å². The molecule has 0 radical (unpaired) electrons. The number of methoxy groups -OCH3 is 1. The molecule has 1 fully saturated rings. The maximum atomic E-state index is 13.4. The molecule has 5 rings (SSSR count). The number of anilines is 1. The summed E-state index contributed by atoms with van der Waals surface area (Å²) in [6.45, 7) is 4.47. The fourth-order valence-electron chi connectivity index (χ4n) is 4.80. The molecule has 172 valence electrons. The molecule has 3 aromatic carbocycles. The van der Waals surface area contributed by atoms with Crippen molar-refractivity contribution in [3.05, 3.63) is 94.1 Å². The Kier molecular flexibility index (Phi) is 5.36. The summed E-state index contributed by atoms with van der Waals surface area (Å²) in [5.41, 5.74) is 4.72. The molecule has 1 saturated heterocycles. The molecule has 0 saturated carbocycles. The van der Waals surface area contributed by atoms with E-state index in [9.17, 15) is 14.7 Å². The van der Waals surface area contributed by atoms with Gasteiger partial charge in [0.1, 0.15) is 17.3 Å². The third-order valence-corrected chi connectivity index (χ3v) is 6.30. The lowest BCUT2D eigenvalue weighted by Gasteiger charge is -2.26. The number of ketones is 1. The second-order valence-electron chi connectivity index (χ2n) is 8.71. The molecule has 2 heterocycles. The standard InChI is InChI=1S/C28H25NO5/c1-16-11-17(2)13-21(12-16)29-25(19-5-4-6-22(15-19)33-3)24(27(31)28(29)32)26(30)20-7-8-23-18(14-20)9-10-34-23/h4-8,11-15,25,30H,9-10H2,1-3H3/b26-24-. The minimum Gasteiger partial charge on any atom is -0.507 e. The Balaban J connectivity index is 1.73. The molecule has 1 N–H and O–H groups in total. The molecular weight excluding hydrogens is 430 g/mol. The zero-order chi connectivity index (χ0) is 24.0. The molecule has 6 nitrogen and oxygen atoms in total. The van der Waals surface area contributed by atoms with Gasteiger partial charge in [-0.3, -0.25) is 14.5 Å². The number of hydrogen-bond donors (Lipinski definition) is 1. The third-order valence-electron chi connectivity index (χ3n) is 6.30. The summed E-state index contributed by atoms with van der Waals surface area (Å²) in [5.74, 6) is -0.229. The van der Waals surface area contributed by atoms with Crippen molar-refractivity contribution in [3.8, 4) is 11.5 Å². The highest BCUT2D eigenvalue weighted by Crippen LogP contribution is 2.43. The topological polar surface area (TPSA) is 76.1 Å². The van der Waals surface area contributed by atoms with Gasteiger partial charge >= 0.3 is 0 Å². The monoisotopic (exact) mass is 455 g/mol. The van der Waals surface area contributed by atoms with Gasteiger partial charge < -0.3 is 14.6 Å². The zero-order valence-corrected chi connectivity index (χ0v) is 19.3. The van der Waals surface area contributed by atoms with Gasteiger partial charge in [0.25, 0.3) is 11.7 Å². The van der Waals surface area contributed by atoms with E-state index in [0.717, 1.165) is 28.9 Å². The smallest absolute Gasteiger partial charge is 0.300 e. The molecule has 6 heteroatoms. The van der Waals surface area contributed by atoms with Crippen LogP contribution in [0.25, 0.3) is 5.76 Å². The molecule has 2 aliphatic heterocycles. The zero-order valence-electron chi connectivity index (χ0n) is 19.3. The number of nitrogens with zero attached hydrogens (tertiary/aromatic N) is 1. The van der Waals surface area contributed by atoms with Crippen molar-refractivity contribution >= 4 is 23.1 Å². The van der Waals surface area contributed by atoms with Crippen LogP contribution in [0.15, 0.2) is 66.2 Å². The van der Waals surface area contributed by atoms with E-state index < -0.39 is 17.7 Å². The van der Waals surface area contributed by atoms with Gasteiger partial charge in [-0.1, -0.05) is 18.2 Å². The molecule has 1 unspecified atom stereocenters. The number of aliphatic hydroxyl groups excluding tert-OH is 1. The molecule has 3 aromatic rings. The second kappa shape index (κ2) is 8.37. The molecule has 0 aromatic heterocycles. The molecule has 0 bridgehead atoms. The maximum Gasteiger partial charge on any atom is 0.300 e. The molecule has 1 atom stereocenters. The Hall–Kier alpha value is -4.06. The summed E-state index contributed by atoms with van der Waals surface area (Å²) >= 11 is 0. The van der Waals surface area contributed by atoms with Crippen LogP contribution in [-0.2, 0) is 16.0 Å². The molecule has 2 aliphatic rings. The van der Waals surface area contributed by atoms with Crippen LogP contribution in [0.5, 0.6) is 11.5 Å². The molecular formula is C28H25NO5. The van der Waals surface area contributed by atoms with Crippen molar-refractivity contribution in [2.45, 2.75) is 26.3 Å². The highest BCUT2D eigenvalue weighted by atomic mass is 16.5. The Bertz CT molecular complexity index is 1340. The average molecular weight is 456 g/mol. The van der Waals surface area contributed by atoms with E-state index in [4.69, 9.17) is 9.47 Å². The number of ether oxygens (including phenoxy) is 2. The van der Waals surface area contributed by atoms with E-state index in [2.05, 4.69) is 0 Å². The number of rotatable bonds is 4. The number of carbonyl (C=O) groups excluding carboxylic acids is 2. The summed E-state index contributed by atoms with van der Waals surface area (Å²) in [7, 11) is 1.56. The first-order chi connectivity index (χ1) is 16.4. The van der Waals surface area contributed by atoms with E-state index in [0.29, 0.717) is 29.2 Å². The Labute approximate surface area is 198 Å². The van der Waals surface area contributed by atoms with Crippen LogP contribution in [0.3, 0.4) is 0 Å². The molecule has 1 amide bonds. The fraction of sp³-hybridized carbons (Fsp3) is 0.214. The van der Waals surface area contributed by atoms with Gasteiger partial charge in [0.05, 0.1) is 25.3 Å². The number of carbonyl (C=O) groups is 2. The lowest BCUT2D eigenvalue weighted by Crippen LogP contribution is -2.29. The summed E-state index contributed by atoms with van der Waals surface area (Å²) < 4.78 is 11.0. The van der Waals surface area contributed by atoms with Crippen molar-refractivity contribution in [1.82, 2.24) is 0 Å². The van der Waals surface area contributed by atoms with Crippen molar-refractivity contribution in [1.29, 1.82) is 0 Å². The normalized spacial score (nSPS) is 18.7.